The summed E-state index contributed by atoms with van der Waals surface area (Å²) in [5.41, 5.74) is 3.50. The van der Waals surface area contributed by atoms with Crippen molar-refractivity contribution in [3.05, 3.63) is 75.2 Å². The fourth-order valence-corrected chi connectivity index (χ4v) is 4.59. The molecule has 0 bridgehead atoms. The molecule has 4 rings (SSSR count). The van der Waals surface area contributed by atoms with Gasteiger partial charge in [-0.3, -0.25) is 14.5 Å². The first-order valence-corrected chi connectivity index (χ1v) is 12.2. The monoisotopic (exact) mass is 492 g/mol. The third-order valence-corrected chi connectivity index (χ3v) is 6.13. The van der Waals surface area contributed by atoms with Crippen molar-refractivity contribution < 1.29 is 13.9 Å². The Morgan fingerprint density at radius 2 is 2.06 bits per heavy atom. The van der Waals surface area contributed by atoms with Gasteiger partial charge in [0.25, 0.3) is 5.56 Å². The quantitative estimate of drug-likeness (QED) is 0.314. The number of fused-ring (bicyclic) bond motifs is 1. The topological polar surface area (TPSA) is 119 Å². The van der Waals surface area contributed by atoms with Crippen LogP contribution in [-0.4, -0.2) is 42.7 Å². The molecule has 0 saturated carbocycles. The Morgan fingerprint density at radius 1 is 1.22 bits per heavy atom. The molecule has 1 N–H and O–H groups in total. The minimum Gasteiger partial charge on any atom is -0.468 e. The molecule has 1 aromatic carbocycles. The molecule has 1 atom stereocenters. The van der Waals surface area contributed by atoms with Crippen LogP contribution in [0.5, 0.6) is 0 Å². The van der Waals surface area contributed by atoms with Gasteiger partial charge in [-0.05, 0) is 72.8 Å². The molecule has 0 aliphatic carbocycles. The van der Waals surface area contributed by atoms with Crippen molar-refractivity contribution in [2.24, 2.45) is 0 Å². The van der Waals surface area contributed by atoms with E-state index < -0.39 is 5.97 Å². The van der Waals surface area contributed by atoms with E-state index in [9.17, 15) is 9.59 Å². The van der Waals surface area contributed by atoms with Gasteiger partial charge in [0.1, 0.15) is 12.3 Å². The number of carbonyl (C=O) groups excluding carboxylic acids is 1. The van der Waals surface area contributed by atoms with Crippen molar-refractivity contribution in [1.29, 1.82) is 0 Å². The molecule has 4 aromatic rings. The number of tetrazole rings is 1. The Hall–Kier alpha value is -3.79. The van der Waals surface area contributed by atoms with Gasteiger partial charge in [0.15, 0.2) is 5.82 Å². The van der Waals surface area contributed by atoms with E-state index >= 15 is 0 Å². The summed E-state index contributed by atoms with van der Waals surface area (Å²) in [7, 11) is 0. The third kappa shape index (κ3) is 5.71. The van der Waals surface area contributed by atoms with Gasteiger partial charge >= 0.3 is 5.97 Å². The predicted octanol–water partition coefficient (Wildman–Crippen LogP) is 3.83. The van der Waals surface area contributed by atoms with Crippen LogP contribution < -0.4 is 5.56 Å². The number of nitrogens with zero attached hydrogens (tertiary/aromatic N) is 5. The van der Waals surface area contributed by atoms with E-state index in [1.807, 2.05) is 32.0 Å². The van der Waals surface area contributed by atoms with Crippen molar-refractivity contribution >= 4 is 16.9 Å². The van der Waals surface area contributed by atoms with Crippen LogP contribution in [0.3, 0.4) is 0 Å². The Bertz CT molecular complexity index is 1380. The fourth-order valence-electron chi connectivity index (χ4n) is 4.59. The summed E-state index contributed by atoms with van der Waals surface area (Å²) in [6.45, 7) is 8.85. The van der Waals surface area contributed by atoms with Gasteiger partial charge in [0.2, 0.25) is 0 Å². The number of benzene rings is 1. The predicted molar refractivity (Wildman–Crippen MR) is 134 cm³/mol. The van der Waals surface area contributed by atoms with Gasteiger partial charge in [-0.2, -0.15) is 0 Å². The lowest BCUT2D eigenvalue weighted by Gasteiger charge is -2.30. The highest BCUT2D eigenvalue weighted by Gasteiger charge is 2.28. The third-order valence-electron chi connectivity index (χ3n) is 6.13. The largest absolute Gasteiger partial charge is 0.468 e. The molecule has 3 aromatic heterocycles. The minimum atomic E-state index is -0.407. The Balaban J connectivity index is 1.74. The fraction of sp³-hybridized carbons (Fsp3) is 0.423. The van der Waals surface area contributed by atoms with Crippen LogP contribution in [0.1, 0.15) is 61.0 Å². The molecule has 3 heterocycles. The molecule has 0 spiro atoms. The number of aromatic amines is 1. The second kappa shape index (κ2) is 11.3. The molecule has 0 fully saturated rings. The smallest absolute Gasteiger partial charge is 0.327 e. The van der Waals surface area contributed by atoms with Crippen LogP contribution in [0, 0.1) is 13.8 Å². The number of aryl methyl sites for hydroxylation is 2. The molecule has 0 radical (unpaired) electrons. The zero-order chi connectivity index (χ0) is 25.7. The lowest BCUT2D eigenvalue weighted by Crippen LogP contribution is -2.33. The molecular formula is C26H32N6O4. The average molecular weight is 493 g/mol. The number of pyridine rings is 1. The molecule has 190 valence electrons. The number of carbonyl (C=O) groups is 1. The molecule has 0 aliphatic heterocycles. The Kier molecular flexibility index (Phi) is 7.94. The van der Waals surface area contributed by atoms with E-state index in [2.05, 4.69) is 44.5 Å². The van der Waals surface area contributed by atoms with Crippen LogP contribution in [-0.2, 0) is 29.2 Å². The number of aromatic nitrogens is 5. The van der Waals surface area contributed by atoms with E-state index in [4.69, 9.17) is 9.15 Å². The number of hydrogen-bond donors (Lipinski definition) is 1. The maximum Gasteiger partial charge on any atom is 0.327 e. The molecular weight excluding hydrogens is 460 g/mol. The summed E-state index contributed by atoms with van der Waals surface area (Å²) in [6.07, 6.45) is 3.19. The SMILES string of the molecule is CCCC(c1nnnn1CC(=O)OCC)N(Cc1ccco1)Cc1cc2cc(C)cc(C)c2[nH]c1=O. The van der Waals surface area contributed by atoms with Crippen molar-refractivity contribution in [2.75, 3.05) is 6.61 Å². The number of nitrogens with one attached hydrogen (secondary N) is 1. The van der Waals surface area contributed by atoms with E-state index in [1.165, 1.54) is 4.68 Å². The summed E-state index contributed by atoms with van der Waals surface area (Å²) < 4.78 is 12.2. The van der Waals surface area contributed by atoms with Crippen LogP contribution in [0.25, 0.3) is 10.9 Å². The molecule has 10 nitrogen and oxygen atoms in total. The average Bonchev–Trinajstić information content (AvgIpc) is 3.50. The van der Waals surface area contributed by atoms with Crippen LogP contribution in [0.15, 0.2) is 45.8 Å². The molecule has 10 heteroatoms. The highest BCUT2D eigenvalue weighted by atomic mass is 16.5. The molecule has 36 heavy (non-hydrogen) atoms. The molecule has 0 amide bonds. The number of esters is 1. The van der Waals surface area contributed by atoms with Crippen molar-refractivity contribution in [2.45, 2.75) is 66.2 Å². The van der Waals surface area contributed by atoms with Crippen LogP contribution >= 0.6 is 0 Å². The number of hydrogen-bond acceptors (Lipinski definition) is 8. The molecule has 0 saturated heterocycles. The second-order valence-corrected chi connectivity index (χ2v) is 8.96. The first-order chi connectivity index (χ1) is 17.4. The van der Waals surface area contributed by atoms with E-state index in [-0.39, 0.29) is 24.8 Å². The number of furan rings is 1. The molecule has 0 aliphatic rings. The van der Waals surface area contributed by atoms with Crippen molar-refractivity contribution in [1.82, 2.24) is 30.1 Å². The number of H-pyrrole nitrogens is 1. The zero-order valence-electron chi connectivity index (χ0n) is 21.2. The standard InChI is InChI=1S/C26H32N6O4/c1-5-8-22(25-28-29-30-32(25)16-23(33)35-6-2)31(15-21-9-7-10-36-21)14-20-13-19-12-17(3)11-18(4)24(19)27-26(20)34/h7,9-13,22H,5-6,8,14-16H2,1-4H3,(H,27,34). The molecule has 1 unspecified atom stereocenters. The highest BCUT2D eigenvalue weighted by Crippen LogP contribution is 2.28. The van der Waals surface area contributed by atoms with E-state index in [0.29, 0.717) is 30.9 Å². The summed E-state index contributed by atoms with van der Waals surface area (Å²) >= 11 is 0. The van der Waals surface area contributed by atoms with Gasteiger partial charge < -0.3 is 14.1 Å². The summed E-state index contributed by atoms with van der Waals surface area (Å²) in [6, 6.07) is 9.55. The second-order valence-electron chi connectivity index (χ2n) is 8.96. The van der Waals surface area contributed by atoms with Gasteiger partial charge in [-0.25, -0.2) is 4.68 Å². The van der Waals surface area contributed by atoms with Crippen LogP contribution in [0.4, 0.5) is 0 Å². The Morgan fingerprint density at radius 3 is 2.78 bits per heavy atom. The maximum atomic E-state index is 13.1. The zero-order valence-corrected chi connectivity index (χ0v) is 21.2. The summed E-state index contributed by atoms with van der Waals surface area (Å²) in [4.78, 5) is 30.5. The van der Waals surface area contributed by atoms with Gasteiger partial charge in [-0.15, -0.1) is 5.10 Å². The lowest BCUT2D eigenvalue weighted by atomic mass is 10.0. The minimum absolute atomic E-state index is 0.0832. The maximum absolute atomic E-state index is 13.1. The van der Waals surface area contributed by atoms with E-state index in [1.54, 1.807) is 13.2 Å². The number of rotatable bonds is 11. The number of ether oxygens (including phenoxy) is 1. The van der Waals surface area contributed by atoms with E-state index in [0.717, 1.165) is 34.2 Å². The van der Waals surface area contributed by atoms with Crippen LogP contribution in [0.2, 0.25) is 0 Å². The summed E-state index contributed by atoms with van der Waals surface area (Å²) in [5.74, 6) is 0.889. The van der Waals surface area contributed by atoms with Gasteiger partial charge in [0, 0.05) is 12.1 Å². The first kappa shape index (κ1) is 25.3. The van der Waals surface area contributed by atoms with Gasteiger partial charge in [-0.1, -0.05) is 25.0 Å². The Labute approximate surface area is 209 Å². The van der Waals surface area contributed by atoms with Gasteiger partial charge in [0.05, 0.1) is 31.0 Å². The first-order valence-electron chi connectivity index (χ1n) is 12.2. The van der Waals surface area contributed by atoms with Crippen molar-refractivity contribution in [3.8, 4) is 0 Å². The lowest BCUT2D eigenvalue weighted by molar-refractivity contribution is -0.144. The normalized spacial score (nSPS) is 12.4. The van der Waals surface area contributed by atoms with Crippen molar-refractivity contribution in [3.63, 3.8) is 0 Å². The summed E-state index contributed by atoms with van der Waals surface area (Å²) in [5, 5.41) is 13.1. The highest BCUT2D eigenvalue weighted by molar-refractivity contribution is 5.82.